The zero-order valence-electron chi connectivity index (χ0n) is 15.5. The highest BCUT2D eigenvalue weighted by Crippen LogP contribution is 2.27. The highest BCUT2D eigenvalue weighted by molar-refractivity contribution is 5.47. The van der Waals surface area contributed by atoms with Crippen LogP contribution in [-0.2, 0) is 6.54 Å². The predicted octanol–water partition coefficient (Wildman–Crippen LogP) is 2.81. The van der Waals surface area contributed by atoms with E-state index in [0.29, 0.717) is 12.3 Å². The Labute approximate surface area is 154 Å². The standard InChI is InChI=1S/C20H27FN4O/c1-15(2)19-11-22-14-23-20(19)25-9-8-24(18(13-25)7-10-26)12-16-3-5-17(21)6-4-16/h3-6,11,14-15,18,26H,7-10,12-13H2,1-2H3/t18-/m1/s1. The molecule has 0 spiro atoms. The van der Waals surface area contributed by atoms with Crippen molar-refractivity contribution in [1.29, 1.82) is 0 Å². The normalized spacial score (nSPS) is 18.5. The van der Waals surface area contributed by atoms with Crippen LogP contribution in [0, 0.1) is 5.82 Å². The van der Waals surface area contributed by atoms with Gasteiger partial charge in [-0.1, -0.05) is 26.0 Å². The molecule has 5 nitrogen and oxygen atoms in total. The van der Waals surface area contributed by atoms with Gasteiger partial charge >= 0.3 is 0 Å². The molecule has 26 heavy (non-hydrogen) atoms. The summed E-state index contributed by atoms with van der Waals surface area (Å²) in [5.41, 5.74) is 2.25. The van der Waals surface area contributed by atoms with Crippen molar-refractivity contribution < 1.29 is 9.50 Å². The van der Waals surface area contributed by atoms with Crippen LogP contribution in [0.5, 0.6) is 0 Å². The number of hydrogen-bond acceptors (Lipinski definition) is 5. The molecule has 3 rings (SSSR count). The Kier molecular flexibility index (Phi) is 6.16. The minimum Gasteiger partial charge on any atom is -0.396 e. The fourth-order valence-corrected chi connectivity index (χ4v) is 3.55. The van der Waals surface area contributed by atoms with Gasteiger partial charge in [0.15, 0.2) is 0 Å². The number of nitrogens with zero attached hydrogens (tertiary/aromatic N) is 4. The maximum Gasteiger partial charge on any atom is 0.135 e. The second-order valence-corrected chi connectivity index (χ2v) is 7.17. The molecule has 1 aromatic carbocycles. The van der Waals surface area contributed by atoms with E-state index in [0.717, 1.165) is 43.1 Å². The molecule has 1 N–H and O–H groups in total. The first-order valence-corrected chi connectivity index (χ1v) is 9.22. The second-order valence-electron chi connectivity index (χ2n) is 7.17. The Morgan fingerprint density at radius 1 is 1.23 bits per heavy atom. The van der Waals surface area contributed by atoms with Crippen LogP contribution in [0.3, 0.4) is 0 Å². The third kappa shape index (κ3) is 4.37. The third-order valence-corrected chi connectivity index (χ3v) is 5.01. The molecule has 6 heteroatoms. The van der Waals surface area contributed by atoms with Gasteiger partial charge in [0.05, 0.1) is 0 Å². The molecular weight excluding hydrogens is 331 g/mol. The first kappa shape index (κ1) is 18.7. The molecule has 1 aromatic heterocycles. The van der Waals surface area contributed by atoms with Crippen molar-refractivity contribution >= 4 is 5.82 Å². The molecule has 1 aliphatic rings. The van der Waals surface area contributed by atoms with Crippen molar-refractivity contribution in [3.63, 3.8) is 0 Å². The lowest BCUT2D eigenvalue weighted by atomic mass is 10.0. The highest BCUT2D eigenvalue weighted by atomic mass is 19.1. The van der Waals surface area contributed by atoms with Gasteiger partial charge in [-0.05, 0) is 30.0 Å². The number of hydrogen-bond donors (Lipinski definition) is 1. The van der Waals surface area contributed by atoms with E-state index in [-0.39, 0.29) is 18.5 Å². The van der Waals surface area contributed by atoms with Crippen LogP contribution in [0.25, 0.3) is 0 Å². The largest absolute Gasteiger partial charge is 0.396 e. The zero-order chi connectivity index (χ0) is 18.5. The van der Waals surface area contributed by atoms with Crippen LogP contribution >= 0.6 is 0 Å². The molecule has 2 aromatic rings. The Morgan fingerprint density at radius 3 is 2.69 bits per heavy atom. The SMILES string of the molecule is CC(C)c1cncnc1N1CCN(Cc2ccc(F)cc2)[C@H](CCO)C1. The van der Waals surface area contributed by atoms with Crippen molar-refractivity contribution in [3.8, 4) is 0 Å². The fourth-order valence-electron chi connectivity index (χ4n) is 3.55. The molecule has 1 aliphatic heterocycles. The average molecular weight is 358 g/mol. The molecule has 2 heterocycles. The summed E-state index contributed by atoms with van der Waals surface area (Å²) in [6.45, 7) is 7.79. The zero-order valence-corrected chi connectivity index (χ0v) is 15.5. The van der Waals surface area contributed by atoms with E-state index in [1.807, 2.05) is 18.3 Å². The quantitative estimate of drug-likeness (QED) is 0.861. The van der Waals surface area contributed by atoms with Crippen molar-refractivity contribution in [2.24, 2.45) is 0 Å². The lowest BCUT2D eigenvalue weighted by Gasteiger charge is -2.42. The van der Waals surface area contributed by atoms with Gasteiger partial charge in [0.1, 0.15) is 18.0 Å². The van der Waals surface area contributed by atoms with E-state index >= 15 is 0 Å². The molecule has 1 fully saturated rings. The Balaban J connectivity index is 1.74. The van der Waals surface area contributed by atoms with Gasteiger partial charge in [0, 0.05) is 50.6 Å². The Hall–Kier alpha value is -2.05. The summed E-state index contributed by atoms with van der Waals surface area (Å²) in [6.07, 6.45) is 4.21. The summed E-state index contributed by atoms with van der Waals surface area (Å²) in [5, 5.41) is 9.52. The molecule has 0 aliphatic carbocycles. The molecule has 140 valence electrons. The van der Waals surface area contributed by atoms with E-state index in [1.165, 1.54) is 12.1 Å². The van der Waals surface area contributed by atoms with E-state index in [1.54, 1.807) is 6.33 Å². The van der Waals surface area contributed by atoms with Crippen molar-refractivity contribution in [2.75, 3.05) is 31.1 Å². The number of rotatable bonds is 6. The highest BCUT2D eigenvalue weighted by Gasteiger charge is 2.28. The van der Waals surface area contributed by atoms with Gasteiger partial charge in [-0.2, -0.15) is 0 Å². The van der Waals surface area contributed by atoms with Crippen molar-refractivity contribution in [1.82, 2.24) is 14.9 Å². The van der Waals surface area contributed by atoms with E-state index in [9.17, 15) is 9.50 Å². The number of halogens is 1. The molecule has 0 saturated carbocycles. The van der Waals surface area contributed by atoms with Crippen LogP contribution in [0.1, 0.15) is 37.3 Å². The summed E-state index contributed by atoms with van der Waals surface area (Å²) >= 11 is 0. The van der Waals surface area contributed by atoms with Crippen LogP contribution in [0.15, 0.2) is 36.8 Å². The van der Waals surface area contributed by atoms with Gasteiger partial charge in [-0.25, -0.2) is 14.4 Å². The number of anilines is 1. The number of piperazine rings is 1. The van der Waals surface area contributed by atoms with Crippen LogP contribution in [-0.4, -0.2) is 52.3 Å². The van der Waals surface area contributed by atoms with E-state index in [2.05, 4.69) is 33.6 Å². The summed E-state index contributed by atoms with van der Waals surface area (Å²) in [4.78, 5) is 13.4. The Bertz CT molecular complexity index is 707. The summed E-state index contributed by atoms with van der Waals surface area (Å²) < 4.78 is 13.1. The molecule has 0 radical (unpaired) electrons. The van der Waals surface area contributed by atoms with Gasteiger partial charge in [-0.3, -0.25) is 4.90 Å². The Morgan fingerprint density at radius 2 is 2.00 bits per heavy atom. The van der Waals surface area contributed by atoms with Crippen LogP contribution in [0.4, 0.5) is 10.2 Å². The third-order valence-electron chi connectivity index (χ3n) is 5.01. The smallest absolute Gasteiger partial charge is 0.135 e. The first-order valence-electron chi connectivity index (χ1n) is 9.22. The monoisotopic (exact) mass is 358 g/mol. The number of aliphatic hydroxyl groups excluding tert-OH is 1. The minimum absolute atomic E-state index is 0.152. The molecule has 1 saturated heterocycles. The topological polar surface area (TPSA) is 52.5 Å². The van der Waals surface area contributed by atoms with Gasteiger partial charge in [0.25, 0.3) is 0 Å². The predicted molar refractivity (Wildman–Crippen MR) is 101 cm³/mol. The summed E-state index contributed by atoms with van der Waals surface area (Å²) in [7, 11) is 0. The second kappa shape index (κ2) is 8.56. The number of aliphatic hydroxyl groups is 1. The molecule has 1 atom stereocenters. The molecule has 0 unspecified atom stereocenters. The van der Waals surface area contributed by atoms with E-state index < -0.39 is 0 Å². The fraction of sp³-hybridized carbons (Fsp3) is 0.500. The summed E-state index contributed by atoms with van der Waals surface area (Å²) in [5.74, 6) is 1.15. The van der Waals surface area contributed by atoms with Crippen LogP contribution in [0.2, 0.25) is 0 Å². The summed E-state index contributed by atoms with van der Waals surface area (Å²) in [6, 6.07) is 6.90. The van der Waals surface area contributed by atoms with E-state index in [4.69, 9.17) is 0 Å². The maximum absolute atomic E-state index is 13.1. The van der Waals surface area contributed by atoms with Crippen molar-refractivity contribution in [2.45, 2.75) is 38.8 Å². The molecule has 0 amide bonds. The lowest BCUT2D eigenvalue weighted by molar-refractivity contribution is 0.135. The van der Waals surface area contributed by atoms with Gasteiger partial charge in [-0.15, -0.1) is 0 Å². The van der Waals surface area contributed by atoms with Gasteiger partial charge in [0.2, 0.25) is 0 Å². The number of benzene rings is 1. The average Bonchev–Trinajstić information content (AvgIpc) is 2.65. The lowest BCUT2D eigenvalue weighted by Crippen LogP contribution is -2.53. The van der Waals surface area contributed by atoms with Gasteiger partial charge < -0.3 is 10.0 Å². The van der Waals surface area contributed by atoms with Crippen molar-refractivity contribution in [3.05, 3.63) is 53.7 Å². The van der Waals surface area contributed by atoms with Crippen LogP contribution < -0.4 is 4.90 Å². The molecule has 0 bridgehead atoms. The first-order chi connectivity index (χ1) is 12.6. The number of aromatic nitrogens is 2. The minimum atomic E-state index is -0.213. The maximum atomic E-state index is 13.1. The molecular formula is C20H27FN4O.